The van der Waals surface area contributed by atoms with E-state index in [-0.39, 0.29) is 5.69 Å². The Hall–Kier alpha value is -1.04. The molecule has 0 spiro atoms. The number of aryl methyl sites for hydroxylation is 1. The van der Waals surface area contributed by atoms with E-state index in [1.54, 1.807) is 4.57 Å². The Kier molecular flexibility index (Phi) is 12.3. The number of carbonyl (C=O) groups is 1. The van der Waals surface area contributed by atoms with Crippen LogP contribution < -0.4 is 0 Å². The predicted octanol–water partition coefficient (Wildman–Crippen LogP) is 3.72. The van der Waals surface area contributed by atoms with Gasteiger partial charge in [-0.05, 0) is 13.2 Å². The molecule has 0 saturated heterocycles. The van der Waals surface area contributed by atoms with Crippen molar-refractivity contribution in [1.82, 2.24) is 9.55 Å². The van der Waals surface area contributed by atoms with Crippen molar-refractivity contribution in [2.24, 2.45) is 0 Å². The summed E-state index contributed by atoms with van der Waals surface area (Å²) in [4.78, 5) is 17.7. The van der Waals surface area contributed by atoms with Crippen LogP contribution in [0.3, 0.4) is 0 Å². The number of hydrogen-bond donors (Lipinski definition) is 0. The highest BCUT2D eigenvalue weighted by Gasteiger charge is 2.14. The summed E-state index contributed by atoms with van der Waals surface area (Å²) in [6.45, 7) is 10.6. The van der Waals surface area contributed by atoms with E-state index in [2.05, 4.69) is 9.93 Å². The molecule has 0 aliphatic carbocycles. The van der Waals surface area contributed by atoms with Crippen LogP contribution >= 0.6 is 11.8 Å². The molecule has 1 aromatic rings. The maximum Gasteiger partial charge on any atom is 0.399 e. The molecule has 1 heterocycles. The van der Waals surface area contributed by atoms with E-state index in [4.69, 9.17) is 0 Å². The third kappa shape index (κ3) is 5.72. The van der Waals surface area contributed by atoms with Crippen molar-refractivity contribution in [3.8, 4) is 0 Å². The normalized spacial score (nSPS) is 8.41. The first-order valence-corrected chi connectivity index (χ1v) is 6.89. The molecule has 0 fully saturated rings. The van der Waals surface area contributed by atoms with Crippen molar-refractivity contribution in [1.29, 1.82) is 0 Å². The number of aromatic nitrogens is 2. The van der Waals surface area contributed by atoms with E-state index >= 15 is 0 Å². The molecule has 1 rings (SSSR count). The minimum Gasteiger partial charge on any atom is -0.325 e. The number of imidazole rings is 1. The number of halogens is 1. The summed E-state index contributed by atoms with van der Waals surface area (Å²) in [5.74, 6) is -1.05. The summed E-state index contributed by atoms with van der Waals surface area (Å²) >= 11 is 1.39. The van der Waals surface area contributed by atoms with Crippen LogP contribution in [-0.4, -0.2) is 21.8 Å². The largest absolute Gasteiger partial charge is 0.399 e. The first kappa shape index (κ1) is 18.3. The van der Waals surface area contributed by atoms with Gasteiger partial charge in [0.1, 0.15) is 0 Å². The Balaban J connectivity index is 0. The van der Waals surface area contributed by atoms with Gasteiger partial charge in [-0.25, -0.2) is 14.7 Å². The van der Waals surface area contributed by atoms with E-state index in [1.165, 1.54) is 18.0 Å². The Bertz CT molecular complexity index is 295. The maximum absolute atomic E-state index is 11.5. The smallest absolute Gasteiger partial charge is 0.325 e. The van der Waals surface area contributed by atoms with Crippen LogP contribution in [0.4, 0.5) is 4.53 Å². The zero-order valence-corrected chi connectivity index (χ0v) is 12.1. The van der Waals surface area contributed by atoms with Gasteiger partial charge in [-0.3, -0.25) is 0 Å². The average molecular weight is 264 g/mol. The quantitative estimate of drug-likeness (QED) is 0.780. The summed E-state index contributed by atoms with van der Waals surface area (Å²) in [7, 11) is 0. The van der Waals surface area contributed by atoms with Gasteiger partial charge < -0.3 is 4.57 Å². The molecule has 0 aliphatic heterocycles. The van der Waals surface area contributed by atoms with Crippen molar-refractivity contribution in [2.45, 2.75) is 46.3 Å². The van der Waals surface area contributed by atoms with Crippen molar-refractivity contribution < 1.29 is 14.3 Å². The number of carbonyl (C=O) groups excluding carboxylic acids is 1. The van der Waals surface area contributed by atoms with Gasteiger partial charge in [0.05, 0.1) is 0 Å². The fourth-order valence-corrected chi connectivity index (χ4v) is 1.53. The summed E-state index contributed by atoms with van der Waals surface area (Å²) in [6.07, 6.45) is 3.30. The molecular formula is C11H21FN2O2S. The van der Waals surface area contributed by atoms with Gasteiger partial charge in [0, 0.05) is 17.3 Å². The van der Waals surface area contributed by atoms with Gasteiger partial charge >= 0.3 is 5.97 Å². The Labute approximate surface area is 106 Å². The Morgan fingerprint density at radius 1 is 1.47 bits per heavy atom. The molecule has 4 nitrogen and oxygen atoms in total. The van der Waals surface area contributed by atoms with Crippen molar-refractivity contribution in [3.63, 3.8) is 0 Å². The summed E-state index contributed by atoms with van der Waals surface area (Å²) in [6, 6.07) is 0. The predicted molar refractivity (Wildman–Crippen MR) is 68.9 cm³/mol. The first-order valence-electron chi connectivity index (χ1n) is 5.67. The maximum atomic E-state index is 11.5. The molecule has 0 amide bonds. The SMILES string of the molecule is CC.CC.CCn1cc(C(=O)OF)nc1SC. The lowest BCUT2D eigenvalue weighted by atomic mass is 10.5. The van der Waals surface area contributed by atoms with Crippen LogP contribution in [0.2, 0.25) is 0 Å². The molecule has 0 atom stereocenters. The molecular weight excluding hydrogens is 243 g/mol. The molecule has 0 N–H and O–H groups in total. The third-order valence-corrected chi connectivity index (χ3v) is 2.23. The minimum atomic E-state index is -1.05. The van der Waals surface area contributed by atoms with E-state index in [1.807, 2.05) is 40.9 Å². The Morgan fingerprint density at radius 2 is 2.00 bits per heavy atom. The van der Waals surface area contributed by atoms with Gasteiger partial charge in [0.15, 0.2) is 10.9 Å². The van der Waals surface area contributed by atoms with Gasteiger partial charge in [0.25, 0.3) is 0 Å². The Morgan fingerprint density at radius 3 is 2.29 bits per heavy atom. The lowest BCUT2D eigenvalue weighted by Crippen LogP contribution is -1.98. The highest BCUT2D eigenvalue weighted by Crippen LogP contribution is 2.14. The van der Waals surface area contributed by atoms with Crippen molar-refractivity contribution in [3.05, 3.63) is 11.9 Å². The molecule has 0 aliphatic rings. The highest BCUT2D eigenvalue weighted by atomic mass is 32.2. The fraction of sp³-hybridized carbons (Fsp3) is 0.636. The van der Waals surface area contributed by atoms with Gasteiger partial charge in [-0.1, -0.05) is 39.5 Å². The standard InChI is InChI=1S/C7H9FN2O2S.2C2H6/c1-3-10-4-5(6(11)12-8)9-7(10)13-2;2*1-2/h4H,3H2,1-2H3;2*1-2H3. The second-order valence-corrected chi connectivity index (χ2v) is 3.04. The summed E-state index contributed by atoms with van der Waals surface area (Å²) in [5.41, 5.74) is -0.00583. The van der Waals surface area contributed by atoms with Crippen LogP contribution in [-0.2, 0) is 11.5 Å². The minimum absolute atomic E-state index is 0.00583. The first-order chi connectivity index (χ1) is 8.22. The second-order valence-electron chi connectivity index (χ2n) is 2.26. The molecule has 0 unspecified atom stereocenters. The summed E-state index contributed by atoms with van der Waals surface area (Å²) < 4.78 is 13.3. The molecule has 1 aromatic heterocycles. The second kappa shape index (κ2) is 11.4. The van der Waals surface area contributed by atoms with Crippen molar-refractivity contribution >= 4 is 17.7 Å². The van der Waals surface area contributed by atoms with Gasteiger partial charge in [-0.15, -0.1) is 0 Å². The van der Waals surface area contributed by atoms with Gasteiger partial charge in [0.2, 0.25) is 0 Å². The topological polar surface area (TPSA) is 44.1 Å². The molecule has 0 aromatic carbocycles. The van der Waals surface area contributed by atoms with Crippen LogP contribution in [0.15, 0.2) is 11.4 Å². The number of nitrogens with zero attached hydrogens (tertiary/aromatic N) is 2. The van der Waals surface area contributed by atoms with E-state index in [9.17, 15) is 9.32 Å². The number of rotatable bonds is 3. The zero-order valence-electron chi connectivity index (χ0n) is 11.3. The molecule has 0 saturated carbocycles. The van der Waals surface area contributed by atoms with E-state index in [0.29, 0.717) is 11.7 Å². The molecule has 100 valence electrons. The van der Waals surface area contributed by atoms with E-state index in [0.717, 1.165) is 0 Å². The fourth-order valence-electron chi connectivity index (χ4n) is 0.926. The number of thioether (sulfide) groups is 1. The molecule has 17 heavy (non-hydrogen) atoms. The van der Waals surface area contributed by atoms with Crippen LogP contribution in [0, 0.1) is 0 Å². The lowest BCUT2D eigenvalue weighted by molar-refractivity contribution is -0.0793. The summed E-state index contributed by atoms with van der Waals surface area (Å²) in [5, 5.41) is 0.669. The number of hydrogen-bond acceptors (Lipinski definition) is 4. The molecule has 6 heteroatoms. The van der Waals surface area contributed by atoms with Crippen LogP contribution in [0.1, 0.15) is 45.1 Å². The van der Waals surface area contributed by atoms with Gasteiger partial charge in [-0.2, -0.15) is 0 Å². The third-order valence-electron chi connectivity index (χ3n) is 1.54. The molecule has 0 bridgehead atoms. The lowest BCUT2D eigenvalue weighted by Gasteiger charge is -1.98. The highest BCUT2D eigenvalue weighted by molar-refractivity contribution is 7.98. The molecule has 0 radical (unpaired) electrons. The van der Waals surface area contributed by atoms with Crippen molar-refractivity contribution in [2.75, 3.05) is 6.26 Å². The monoisotopic (exact) mass is 264 g/mol. The zero-order chi connectivity index (χ0) is 13.8. The van der Waals surface area contributed by atoms with E-state index < -0.39 is 5.97 Å². The van der Waals surface area contributed by atoms with Crippen LogP contribution in [0.25, 0.3) is 0 Å². The van der Waals surface area contributed by atoms with Crippen LogP contribution in [0.5, 0.6) is 0 Å². The average Bonchev–Trinajstić information content (AvgIpc) is 2.85.